The molecule has 1 aliphatic heterocycles. The molecule has 0 spiro atoms. The Morgan fingerprint density at radius 2 is 2.13 bits per heavy atom. The van der Waals surface area contributed by atoms with Gasteiger partial charge in [-0.25, -0.2) is 0 Å². The van der Waals surface area contributed by atoms with Crippen molar-refractivity contribution in [1.29, 1.82) is 0 Å². The van der Waals surface area contributed by atoms with E-state index in [9.17, 15) is 9.90 Å². The Morgan fingerprint density at radius 3 is 2.87 bits per heavy atom. The molecule has 2 unspecified atom stereocenters. The number of carbonyl (C=O) groups excluding carboxylic acids is 1. The fraction of sp³-hybridized carbons (Fsp3) is 0.353. The molecule has 1 aromatic heterocycles. The number of rotatable bonds is 6. The average molecular weight is 332 g/mol. The normalized spacial score (nSPS) is 20.6. The van der Waals surface area contributed by atoms with Gasteiger partial charge in [0.1, 0.15) is 0 Å². The Balaban J connectivity index is 1.55. The van der Waals surface area contributed by atoms with Crippen LogP contribution in [0.5, 0.6) is 0 Å². The lowest BCUT2D eigenvalue weighted by atomic mass is 10.1. The lowest BCUT2D eigenvalue weighted by Gasteiger charge is -2.13. The molecule has 2 atom stereocenters. The zero-order valence-corrected chi connectivity index (χ0v) is 13.5. The van der Waals surface area contributed by atoms with Gasteiger partial charge in [-0.1, -0.05) is 18.2 Å². The molecule has 0 saturated carbocycles. The van der Waals surface area contributed by atoms with E-state index in [0.717, 1.165) is 17.0 Å². The zero-order valence-electron chi connectivity index (χ0n) is 12.7. The average Bonchev–Trinajstić information content (AvgIpc) is 3.20. The molecule has 1 saturated heterocycles. The van der Waals surface area contributed by atoms with Gasteiger partial charge in [0.05, 0.1) is 12.4 Å². The molecule has 1 fully saturated rings. The third kappa shape index (κ3) is 4.16. The SMILES string of the molecule is O=C(NCC1CNCC1O)c1occc1CSc1ccccc1. The van der Waals surface area contributed by atoms with Crippen LogP contribution in [0.15, 0.2) is 52.0 Å². The van der Waals surface area contributed by atoms with Crippen molar-refractivity contribution in [2.24, 2.45) is 5.92 Å². The molecule has 3 rings (SSSR count). The number of aliphatic hydroxyl groups is 1. The maximum Gasteiger partial charge on any atom is 0.287 e. The molecular weight excluding hydrogens is 312 g/mol. The Kier molecular flexibility index (Phi) is 5.38. The summed E-state index contributed by atoms with van der Waals surface area (Å²) in [5, 5.41) is 15.7. The second-order valence-corrected chi connectivity index (χ2v) is 6.62. The summed E-state index contributed by atoms with van der Waals surface area (Å²) in [6.07, 6.45) is 1.14. The summed E-state index contributed by atoms with van der Waals surface area (Å²) < 4.78 is 5.35. The van der Waals surface area contributed by atoms with E-state index in [1.807, 2.05) is 36.4 Å². The Hall–Kier alpha value is -1.76. The Bertz CT molecular complexity index is 644. The first-order chi connectivity index (χ1) is 11.2. The molecule has 2 aromatic rings. The van der Waals surface area contributed by atoms with Crippen molar-refractivity contribution in [3.8, 4) is 0 Å². The predicted octanol–water partition coefficient (Wildman–Crippen LogP) is 1.88. The number of hydrogen-bond acceptors (Lipinski definition) is 5. The molecule has 5 nitrogen and oxygen atoms in total. The number of carbonyl (C=O) groups is 1. The first-order valence-electron chi connectivity index (χ1n) is 7.65. The van der Waals surface area contributed by atoms with Gasteiger partial charge in [-0.15, -0.1) is 11.8 Å². The van der Waals surface area contributed by atoms with E-state index >= 15 is 0 Å². The van der Waals surface area contributed by atoms with Gasteiger partial charge in [0.25, 0.3) is 5.91 Å². The van der Waals surface area contributed by atoms with Crippen LogP contribution in [-0.4, -0.2) is 36.8 Å². The summed E-state index contributed by atoms with van der Waals surface area (Å²) in [5.41, 5.74) is 0.876. The van der Waals surface area contributed by atoms with E-state index in [4.69, 9.17) is 4.42 Å². The minimum atomic E-state index is -0.403. The number of amides is 1. The van der Waals surface area contributed by atoms with E-state index < -0.39 is 6.10 Å². The quantitative estimate of drug-likeness (QED) is 0.705. The van der Waals surface area contributed by atoms with Crippen molar-refractivity contribution in [3.63, 3.8) is 0 Å². The summed E-state index contributed by atoms with van der Waals surface area (Å²) in [6.45, 7) is 1.75. The van der Waals surface area contributed by atoms with Crippen LogP contribution in [0, 0.1) is 5.92 Å². The van der Waals surface area contributed by atoms with Gasteiger partial charge >= 0.3 is 0 Å². The summed E-state index contributed by atoms with van der Waals surface area (Å²) in [7, 11) is 0. The third-order valence-electron chi connectivity index (χ3n) is 3.92. The number of hydrogen-bond donors (Lipinski definition) is 3. The second-order valence-electron chi connectivity index (χ2n) is 5.57. The molecule has 122 valence electrons. The first-order valence-corrected chi connectivity index (χ1v) is 8.64. The molecule has 1 amide bonds. The maximum absolute atomic E-state index is 12.3. The predicted molar refractivity (Wildman–Crippen MR) is 89.4 cm³/mol. The number of aliphatic hydroxyl groups excluding tert-OH is 1. The van der Waals surface area contributed by atoms with Crippen LogP contribution in [0.3, 0.4) is 0 Å². The fourth-order valence-electron chi connectivity index (χ4n) is 2.56. The van der Waals surface area contributed by atoms with Crippen LogP contribution in [-0.2, 0) is 5.75 Å². The van der Waals surface area contributed by atoms with E-state index in [2.05, 4.69) is 10.6 Å². The summed E-state index contributed by atoms with van der Waals surface area (Å²) in [6, 6.07) is 11.9. The van der Waals surface area contributed by atoms with E-state index in [1.54, 1.807) is 18.0 Å². The highest BCUT2D eigenvalue weighted by Gasteiger charge is 2.26. The largest absolute Gasteiger partial charge is 0.459 e. The highest BCUT2D eigenvalue weighted by atomic mass is 32.2. The molecule has 0 bridgehead atoms. The van der Waals surface area contributed by atoms with Crippen LogP contribution < -0.4 is 10.6 Å². The zero-order chi connectivity index (χ0) is 16.1. The molecule has 6 heteroatoms. The van der Waals surface area contributed by atoms with Crippen molar-refractivity contribution in [2.75, 3.05) is 19.6 Å². The van der Waals surface area contributed by atoms with Gasteiger partial charge in [-0.05, 0) is 18.2 Å². The van der Waals surface area contributed by atoms with Crippen LogP contribution >= 0.6 is 11.8 Å². The summed E-state index contributed by atoms with van der Waals surface area (Å²) in [4.78, 5) is 13.4. The van der Waals surface area contributed by atoms with Gasteiger partial charge in [-0.2, -0.15) is 0 Å². The van der Waals surface area contributed by atoms with Crippen molar-refractivity contribution in [2.45, 2.75) is 16.8 Å². The molecule has 23 heavy (non-hydrogen) atoms. The molecule has 3 N–H and O–H groups in total. The number of benzene rings is 1. The van der Waals surface area contributed by atoms with Crippen molar-refractivity contribution >= 4 is 17.7 Å². The second kappa shape index (κ2) is 7.68. The van der Waals surface area contributed by atoms with Gasteiger partial charge in [0, 0.05) is 41.8 Å². The van der Waals surface area contributed by atoms with Crippen LogP contribution in [0.4, 0.5) is 0 Å². The maximum atomic E-state index is 12.3. The van der Waals surface area contributed by atoms with E-state index in [-0.39, 0.29) is 11.8 Å². The third-order valence-corrected chi connectivity index (χ3v) is 4.98. The standard InChI is InChI=1S/C17H20N2O3S/c20-15-10-18-8-13(15)9-19-17(21)16-12(6-7-22-16)11-23-14-4-2-1-3-5-14/h1-7,13,15,18,20H,8-11H2,(H,19,21). The first kappa shape index (κ1) is 16.1. The lowest BCUT2D eigenvalue weighted by molar-refractivity contribution is 0.0899. The fourth-order valence-corrected chi connectivity index (χ4v) is 3.46. The number of thioether (sulfide) groups is 1. The minimum absolute atomic E-state index is 0.0519. The monoisotopic (exact) mass is 332 g/mol. The molecule has 0 aliphatic carbocycles. The number of furan rings is 1. The molecule has 1 aromatic carbocycles. The van der Waals surface area contributed by atoms with Gasteiger partial charge in [0.2, 0.25) is 0 Å². The Labute approximate surface area is 139 Å². The van der Waals surface area contributed by atoms with Crippen molar-refractivity contribution < 1.29 is 14.3 Å². The van der Waals surface area contributed by atoms with E-state index in [0.29, 0.717) is 24.6 Å². The van der Waals surface area contributed by atoms with Gasteiger partial charge in [0.15, 0.2) is 5.76 Å². The van der Waals surface area contributed by atoms with Crippen LogP contribution in [0.25, 0.3) is 0 Å². The van der Waals surface area contributed by atoms with Crippen molar-refractivity contribution in [3.05, 3.63) is 54.0 Å². The molecule has 1 aliphatic rings. The van der Waals surface area contributed by atoms with Gasteiger partial charge < -0.3 is 20.2 Å². The topological polar surface area (TPSA) is 74.5 Å². The summed E-state index contributed by atoms with van der Waals surface area (Å²) >= 11 is 1.66. The number of nitrogens with one attached hydrogen (secondary N) is 2. The Morgan fingerprint density at radius 1 is 1.30 bits per heavy atom. The van der Waals surface area contributed by atoms with Crippen LogP contribution in [0.1, 0.15) is 16.1 Å². The lowest BCUT2D eigenvalue weighted by Crippen LogP contribution is -2.34. The highest BCUT2D eigenvalue weighted by molar-refractivity contribution is 7.98. The van der Waals surface area contributed by atoms with Crippen LogP contribution in [0.2, 0.25) is 0 Å². The molecule has 0 radical (unpaired) electrons. The van der Waals surface area contributed by atoms with E-state index in [1.165, 1.54) is 0 Å². The van der Waals surface area contributed by atoms with Crippen molar-refractivity contribution in [1.82, 2.24) is 10.6 Å². The highest BCUT2D eigenvalue weighted by Crippen LogP contribution is 2.24. The molecular formula is C17H20N2O3S. The minimum Gasteiger partial charge on any atom is -0.459 e. The smallest absolute Gasteiger partial charge is 0.287 e. The summed E-state index contributed by atoms with van der Waals surface area (Å²) in [5.74, 6) is 0.861. The number of β-amino-alcohol motifs (C(OH)–C–C–N with tert-alkyl or cyclic N) is 1. The molecule has 2 heterocycles. The van der Waals surface area contributed by atoms with Gasteiger partial charge in [-0.3, -0.25) is 4.79 Å².